The number of ketones is 2. The Labute approximate surface area is 241 Å². The second kappa shape index (κ2) is 18.5. The highest BCUT2D eigenvalue weighted by molar-refractivity contribution is 8.93. The van der Waals surface area contributed by atoms with Gasteiger partial charge in [-0.1, -0.05) is 68.9 Å². The fourth-order valence-electron chi connectivity index (χ4n) is 4.33. The average molecular weight is 607 g/mol. The Morgan fingerprint density at radius 2 is 1.05 bits per heavy atom. The number of carbonyl (C=O) groups is 5. The molecule has 0 saturated carbocycles. The van der Waals surface area contributed by atoms with Crippen molar-refractivity contribution in [2.45, 2.75) is 92.6 Å². The van der Waals surface area contributed by atoms with Gasteiger partial charge in [-0.25, -0.2) is 0 Å². The molecule has 2 fully saturated rings. The van der Waals surface area contributed by atoms with E-state index in [0.717, 1.165) is 51.4 Å². The van der Waals surface area contributed by atoms with E-state index in [4.69, 9.17) is 17.2 Å². The number of amides is 3. The van der Waals surface area contributed by atoms with E-state index in [0.29, 0.717) is 34.8 Å². The van der Waals surface area contributed by atoms with E-state index < -0.39 is 0 Å². The number of hydrogen-bond acceptors (Lipinski definition) is 10. The molecule has 2 aliphatic heterocycles. The normalized spacial score (nSPS) is 16.6. The van der Waals surface area contributed by atoms with Crippen molar-refractivity contribution >= 4 is 72.5 Å². The summed E-state index contributed by atoms with van der Waals surface area (Å²) in [5.74, 6) is -1.17. The van der Waals surface area contributed by atoms with Gasteiger partial charge in [0.15, 0.2) is 11.6 Å². The first-order valence-corrected chi connectivity index (χ1v) is 18.0. The van der Waals surface area contributed by atoms with Gasteiger partial charge in [-0.15, -0.1) is 0 Å². The van der Waals surface area contributed by atoms with Crippen LogP contribution in [0.25, 0.3) is 0 Å². The number of unbranched alkanes of at least 4 members (excludes halogenated alkanes) is 4. The van der Waals surface area contributed by atoms with Crippen LogP contribution in [0, 0.1) is 11.8 Å². The lowest BCUT2D eigenvalue weighted by Crippen LogP contribution is -2.40. The largest absolute Gasteiger partial charge is 0.369 e. The van der Waals surface area contributed by atoms with Gasteiger partial charge in [-0.2, -0.15) is 0 Å². The van der Waals surface area contributed by atoms with Crippen molar-refractivity contribution in [3.8, 4) is 0 Å². The van der Waals surface area contributed by atoms with Crippen LogP contribution in [0.2, 0.25) is 0 Å². The summed E-state index contributed by atoms with van der Waals surface area (Å²) in [5, 5.41) is 0. The van der Waals surface area contributed by atoms with Gasteiger partial charge in [0.05, 0.1) is 22.3 Å². The highest BCUT2D eigenvalue weighted by Crippen LogP contribution is 2.57. The highest BCUT2D eigenvalue weighted by Gasteiger charge is 2.31. The fourth-order valence-corrected chi connectivity index (χ4v) is 7.14. The molecule has 0 aliphatic carbocycles. The van der Waals surface area contributed by atoms with Gasteiger partial charge >= 0.3 is 0 Å². The molecule has 2 atom stereocenters. The Morgan fingerprint density at radius 1 is 0.632 bits per heavy atom. The molecule has 3 amide bonds. The molecule has 2 heterocycles. The lowest BCUT2D eigenvalue weighted by atomic mass is 9.97. The van der Waals surface area contributed by atoms with E-state index in [1.54, 1.807) is 43.2 Å². The predicted molar refractivity (Wildman–Crippen MR) is 159 cm³/mol. The highest BCUT2D eigenvalue weighted by atomic mass is 33.2. The fraction of sp³-hybridized carbons (Fsp3) is 0.800. The summed E-state index contributed by atoms with van der Waals surface area (Å²) in [6.45, 7) is -0.000298. The summed E-state index contributed by atoms with van der Waals surface area (Å²) in [5.41, 5.74) is 16.5. The van der Waals surface area contributed by atoms with E-state index in [-0.39, 0.29) is 67.2 Å². The van der Waals surface area contributed by atoms with E-state index in [1.165, 1.54) is 4.90 Å². The molecule has 0 bridgehead atoms. The molecule has 6 N–H and O–H groups in total. The van der Waals surface area contributed by atoms with Crippen LogP contribution in [0.15, 0.2) is 0 Å². The monoisotopic (exact) mass is 606 g/mol. The molecule has 0 aromatic carbocycles. The third-order valence-corrected chi connectivity index (χ3v) is 11.2. The zero-order valence-corrected chi connectivity index (χ0v) is 25.2. The number of nitrogens with two attached hydrogens (primary N) is 3. The summed E-state index contributed by atoms with van der Waals surface area (Å²) in [7, 11) is 7.09. The molecule has 13 heteroatoms. The quantitative estimate of drug-likeness (QED) is 0.0838. The van der Waals surface area contributed by atoms with E-state index >= 15 is 0 Å². The van der Waals surface area contributed by atoms with Crippen LogP contribution in [0.5, 0.6) is 0 Å². The molecule has 2 aliphatic rings. The van der Waals surface area contributed by atoms with Crippen LogP contribution in [-0.4, -0.2) is 63.0 Å². The van der Waals surface area contributed by atoms with Crippen molar-refractivity contribution in [2.24, 2.45) is 29.0 Å². The molecule has 38 heavy (non-hydrogen) atoms. The number of primary amides is 2. The van der Waals surface area contributed by atoms with Crippen LogP contribution in [0.4, 0.5) is 0 Å². The SMILES string of the molecule is NCCC(=O)N(CC(=O)CCCCC[C@H](CC1SS1)C(N)=O)CC(=O)CCCCC[C@H](CC1SS1)C(N)=O. The number of Topliss-reactive ketones (excluding diaryl/α,β-unsaturated/α-hetero) is 2. The number of carbonyl (C=O) groups excluding carboxylic acids is 5. The van der Waals surface area contributed by atoms with Crippen molar-refractivity contribution in [3.05, 3.63) is 0 Å². The van der Waals surface area contributed by atoms with Crippen molar-refractivity contribution in [1.29, 1.82) is 0 Å². The first-order valence-electron chi connectivity index (χ1n) is 13.4. The molecular weight excluding hydrogens is 565 g/mol. The van der Waals surface area contributed by atoms with Crippen LogP contribution < -0.4 is 17.2 Å². The van der Waals surface area contributed by atoms with Gasteiger partial charge in [0, 0.05) is 37.6 Å². The summed E-state index contributed by atoms with van der Waals surface area (Å²) in [4.78, 5) is 62.1. The second-order valence-corrected chi connectivity index (χ2v) is 15.9. The Bertz CT molecular complexity index is 755. The first kappa shape index (κ1) is 33.3. The third kappa shape index (κ3) is 15.0. The number of nitrogens with zero attached hydrogens (tertiary/aromatic N) is 1. The maximum atomic E-state index is 12.5. The molecule has 216 valence electrons. The maximum Gasteiger partial charge on any atom is 0.224 e. The Morgan fingerprint density at radius 3 is 1.39 bits per heavy atom. The summed E-state index contributed by atoms with van der Waals surface area (Å²) in [6.07, 6.45) is 8.47. The van der Waals surface area contributed by atoms with Crippen LogP contribution in [0.3, 0.4) is 0 Å². The first-order chi connectivity index (χ1) is 18.2. The smallest absolute Gasteiger partial charge is 0.224 e. The Hall–Kier alpha value is -0.890. The zero-order chi connectivity index (χ0) is 27.9. The average Bonchev–Trinajstić information content (AvgIpc) is 3.78. The van der Waals surface area contributed by atoms with Gasteiger partial charge in [0.2, 0.25) is 17.7 Å². The van der Waals surface area contributed by atoms with E-state index in [2.05, 4.69) is 0 Å². The van der Waals surface area contributed by atoms with E-state index in [9.17, 15) is 24.0 Å². The molecule has 0 radical (unpaired) electrons. The number of hydrogen-bond donors (Lipinski definition) is 3. The van der Waals surface area contributed by atoms with Crippen LogP contribution in [-0.2, 0) is 24.0 Å². The molecule has 2 rings (SSSR count). The lowest BCUT2D eigenvalue weighted by molar-refractivity contribution is -0.138. The Kier molecular flexibility index (Phi) is 16.2. The molecule has 0 aromatic heterocycles. The maximum absolute atomic E-state index is 12.5. The standard InChI is InChI=1S/C25H42N4O5S4/c26-12-11-21(32)29(15-19(30)9-5-1-3-7-17(24(27)33)13-22-35-36-22)16-20(31)10-6-2-4-8-18(25(28)34)14-23-37-38-23/h17-18,22-23H,1-16,26H2,(H2,27,33)(H2,28,34)/t17-,18-/m1/s1. The van der Waals surface area contributed by atoms with Crippen molar-refractivity contribution in [2.75, 3.05) is 19.6 Å². The number of rotatable bonds is 24. The van der Waals surface area contributed by atoms with Crippen molar-refractivity contribution < 1.29 is 24.0 Å². The molecule has 2 saturated heterocycles. The second-order valence-electron chi connectivity index (χ2n) is 9.98. The molecule has 0 unspecified atom stereocenters. The van der Waals surface area contributed by atoms with Gasteiger partial charge in [0.1, 0.15) is 0 Å². The minimum Gasteiger partial charge on any atom is -0.369 e. The van der Waals surface area contributed by atoms with Crippen molar-refractivity contribution in [1.82, 2.24) is 4.90 Å². The zero-order valence-electron chi connectivity index (χ0n) is 22.0. The van der Waals surface area contributed by atoms with Crippen LogP contribution >= 0.6 is 43.2 Å². The molecule has 0 aromatic rings. The van der Waals surface area contributed by atoms with Gasteiger partial charge in [0.25, 0.3) is 0 Å². The lowest BCUT2D eigenvalue weighted by Gasteiger charge is -2.21. The molecule has 9 nitrogen and oxygen atoms in total. The summed E-state index contributed by atoms with van der Waals surface area (Å²) in [6, 6.07) is 0. The van der Waals surface area contributed by atoms with Gasteiger partial charge in [-0.05, 0) is 38.5 Å². The van der Waals surface area contributed by atoms with Crippen LogP contribution in [0.1, 0.15) is 83.5 Å². The minimum atomic E-state index is -0.283. The van der Waals surface area contributed by atoms with Gasteiger partial charge in [-0.3, -0.25) is 24.0 Å². The molecular formula is C25H42N4O5S4. The molecule has 0 spiro atoms. The van der Waals surface area contributed by atoms with E-state index in [1.807, 2.05) is 0 Å². The summed E-state index contributed by atoms with van der Waals surface area (Å²) >= 11 is 0. The Balaban J connectivity index is 1.64. The summed E-state index contributed by atoms with van der Waals surface area (Å²) < 4.78 is 0.969. The minimum absolute atomic E-state index is 0.0788. The topological polar surface area (TPSA) is 167 Å². The van der Waals surface area contributed by atoms with Gasteiger partial charge < -0.3 is 22.1 Å². The predicted octanol–water partition coefficient (Wildman–Crippen LogP) is 3.63. The van der Waals surface area contributed by atoms with Crippen molar-refractivity contribution in [3.63, 3.8) is 0 Å². The third-order valence-electron chi connectivity index (χ3n) is 6.69.